The first-order chi connectivity index (χ1) is 7.67. The van der Waals surface area contributed by atoms with Gasteiger partial charge in [0, 0.05) is 24.1 Å². The van der Waals surface area contributed by atoms with E-state index in [9.17, 15) is 0 Å². The van der Waals surface area contributed by atoms with Crippen LogP contribution in [0.1, 0.15) is 30.7 Å². The highest BCUT2D eigenvalue weighted by Crippen LogP contribution is 2.26. The van der Waals surface area contributed by atoms with Crippen molar-refractivity contribution < 1.29 is 5.11 Å². The highest BCUT2D eigenvalue weighted by molar-refractivity contribution is 7.16. The smallest absolute Gasteiger partial charge is 0.0931 e. The van der Waals surface area contributed by atoms with Crippen molar-refractivity contribution in [1.29, 1.82) is 0 Å². The van der Waals surface area contributed by atoms with Crippen molar-refractivity contribution in [2.75, 3.05) is 13.2 Å². The van der Waals surface area contributed by atoms with E-state index in [0.717, 1.165) is 17.2 Å². The summed E-state index contributed by atoms with van der Waals surface area (Å²) in [6, 6.07) is 4.41. The lowest BCUT2D eigenvalue weighted by Gasteiger charge is -2.21. The van der Waals surface area contributed by atoms with Crippen molar-refractivity contribution in [2.24, 2.45) is 5.73 Å². The van der Waals surface area contributed by atoms with Crippen LogP contribution in [0, 0.1) is 0 Å². The summed E-state index contributed by atoms with van der Waals surface area (Å²) in [5.41, 5.74) is 5.74. The normalized spacial score (nSPS) is 15.0. The van der Waals surface area contributed by atoms with Crippen LogP contribution in [0.4, 0.5) is 0 Å². The topological polar surface area (TPSA) is 58.3 Å². The molecule has 2 atom stereocenters. The van der Waals surface area contributed by atoms with Crippen LogP contribution in [0.15, 0.2) is 12.1 Å². The number of hydrogen-bond acceptors (Lipinski definition) is 4. The minimum Gasteiger partial charge on any atom is -0.396 e. The molecule has 0 aliphatic heterocycles. The first-order valence-electron chi connectivity index (χ1n) is 5.49. The molecule has 92 valence electrons. The lowest BCUT2D eigenvalue weighted by atomic mass is 10.1. The number of nitrogens with two attached hydrogens (primary N) is 1. The largest absolute Gasteiger partial charge is 0.396 e. The maximum Gasteiger partial charge on any atom is 0.0931 e. The SMILES string of the molecule is CC(CCCO)NC(CN)c1ccc(Cl)s1. The molecule has 1 rings (SSSR count). The molecule has 5 heteroatoms. The van der Waals surface area contributed by atoms with E-state index < -0.39 is 0 Å². The maximum absolute atomic E-state index is 8.76. The Hall–Kier alpha value is -0.130. The molecule has 1 heterocycles. The van der Waals surface area contributed by atoms with Crippen LogP contribution in [0.3, 0.4) is 0 Å². The summed E-state index contributed by atoms with van der Waals surface area (Å²) in [4.78, 5) is 1.17. The predicted octanol–water partition coefficient (Wildman–Crippen LogP) is 2.15. The van der Waals surface area contributed by atoms with Gasteiger partial charge in [0.25, 0.3) is 0 Å². The lowest BCUT2D eigenvalue weighted by molar-refractivity contribution is 0.274. The van der Waals surface area contributed by atoms with E-state index in [-0.39, 0.29) is 12.6 Å². The molecule has 16 heavy (non-hydrogen) atoms. The third kappa shape index (κ3) is 4.39. The Balaban J connectivity index is 2.48. The van der Waals surface area contributed by atoms with Crippen LogP contribution in [-0.4, -0.2) is 24.3 Å². The van der Waals surface area contributed by atoms with E-state index >= 15 is 0 Å². The number of aliphatic hydroxyl groups is 1. The van der Waals surface area contributed by atoms with Gasteiger partial charge in [-0.1, -0.05) is 11.6 Å². The van der Waals surface area contributed by atoms with E-state index in [4.69, 9.17) is 22.4 Å². The Morgan fingerprint density at radius 3 is 2.81 bits per heavy atom. The average Bonchev–Trinajstić information content (AvgIpc) is 2.69. The van der Waals surface area contributed by atoms with Gasteiger partial charge in [-0.25, -0.2) is 0 Å². The van der Waals surface area contributed by atoms with Crippen LogP contribution in [0.2, 0.25) is 4.34 Å². The molecule has 2 unspecified atom stereocenters. The Kier molecular flexibility index (Phi) is 6.31. The van der Waals surface area contributed by atoms with Crippen molar-refractivity contribution in [3.63, 3.8) is 0 Å². The molecule has 0 aromatic carbocycles. The van der Waals surface area contributed by atoms with Gasteiger partial charge < -0.3 is 16.2 Å². The van der Waals surface area contributed by atoms with Gasteiger partial charge in [-0.3, -0.25) is 0 Å². The molecule has 1 aromatic rings. The molecular weight excluding hydrogens is 244 g/mol. The fourth-order valence-corrected chi connectivity index (χ4v) is 2.74. The molecule has 0 saturated heterocycles. The molecule has 0 spiro atoms. The van der Waals surface area contributed by atoms with Crippen molar-refractivity contribution >= 4 is 22.9 Å². The van der Waals surface area contributed by atoms with Gasteiger partial charge in [0.15, 0.2) is 0 Å². The van der Waals surface area contributed by atoms with Crippen molar-refractivity contribution in [3.05, 3.63) is 21.3 Å². The second-order valence-corrected chi connectivity index (χ2v) is 5.61. The summed E-state index contributed by atoms with van der Waals surface area (Å²) in [6.45, 7) is 2.90. The standard InChI is InChI=1S/C11H19ClN2OS/c1-8(3-2-6-15)14-9(7-13)10-4-5-11(12)16-10/h4-5,8-9,14-15H,2-3,6-7,13H2,1H3. The molecule has 0 fully saturated rings. The number of aliphatic hydroxyl groups excluding tert-OH is 1. The van der Waals surface area contributed by atoms with E-state index in [0.29, 0.717) is 12.6 Å². The van der Waals surface area contributed by atoms with E-state index in [2.05, 4.69) is 12.2 Å². The summed E-state index contributed by atoms with van der Waals surface area (Å²) in [5.74, 6) is 0. The summed E-state index contributed by atoms with van der Waals surface area (Å²) in [6.07, 6.45) is 1.77. The first-order valence-corrected chi connectivity index (χ1v) is 6.69. The molecule has 0 bridgehead atoms. The fourth-order valence-electron chi connectivity index (χ4n) is 1.61. The van der Waals surface area contributed by atoms with Crippen LogP contribution >= 0.6 is 22.9 Å². The summed E-state index contributed by atoms with van der Waals surface area (Å²) < 4.78 is 0.790. The van der Waals surface area contributed by atoms with Gasteiger partial charge in [0.05, 0.1) is 10.4 Å². The van der Waals surface area contributed by atoms with E-state index in [1.807, 2.05) is 12.1 Å². The molecule has 0 saturated carbocycles. The predicted molar refractivity (Wildman–Crippen MR) is 70.0 cm³/mol. The van der Waals surface area contributed by atoms with Gasteiger partial charge in [-0.05, 0) is 31.9 Å². The quantitative estimate of drug-likeness (QED) is 0.706. The van der Waals surface area contributed by atoms with Gasteiger partial charge in [-0.15, -0.1) is 11.3 Å². The van der Waals surface area contributed by atoms with Crippen LogP contribution in [-0.2, 0) is 0 Å². The minimum absolute atomic E-state index is 0.159. The van der Waals surface area contributed by atoms with Gasteiger partial charge in [0.2, 0.25) is 0 Å². The second kappa shape index (κ2) is 7.25. The van der Waals surface area contributed by atoms with E-state index in [1.54, 1.807) is 11.3 Å². The van der Waals surface area contributed by atoms with Gasteiger partial charge in [-0.2, -0.15) is 0 Å². The number of thiophene rings is 1. The third-order valence-electron chi connectivity index (χ3n) is 2.45. The Morgan fingerprint density at radius 1 is 1.56 bits per heavy atom. The monoisotopic (exact) mass is 262 g/mol. The van der Waals surface area contributed by atoms with Crippen LogP contribution in [0.25, 0.3) is 0 Å². The maximum atomic E-state index is 8.76. The molecule has 0 radical (unpaired) electrons. The summed E-state index contributed by atoms with van der Waals surface area (Å²) >= 11 is 7.46. The molecular formula is C11H19ClN2OS. The summed E-state index contributed by atoms with van der Waals surface area (Å²) in [7, 11) is 0. The van der Waals surface area contributed by atoms with Crippen LogP contribution < -0.4 is 11.1 Å². The molecule has 0 aliphatic carbocycles. The number of hydrogen-bond donors (Lipinski definition) is 3. The van der Waals surface area contributed by atoms with E-state index in [1.165, 1.54) is 4.88 Å². The number of rotatable bonds is 7. The zero-order valence-corrected chi connectivity index (χ0v) is 11.0. The zero-order chi connectivity index (χ0) is 12.0. The Bertz CT molecular complexity index is 306. The third-order valence-corrected chi connectivity index (χ3v) is 3.80. The number of nitrogens with one attached hydrogen (secondary N) is 1. The highest BCUT2D eigenvalue weighted by atomic mass is 35.5. The first kappa shape index (κ1) is 13.9. The summed E-state index contributed by atoms with van der Waals surface area (Å²) in [5, 5.41) is 12.2. The van der Waals surface area contributed by atoms with Crippen molar-refractivity contribution in [1.82, 2.24) is 5.32 Å². The number of halogens is 1. The van der Waals surface area contributed by atoms with Crippen LogP contribution in [0.5, 0.6) is 0 Å². The molecule has 0 aliphatic rings. The fraction of sp³-hybridized carbons (Fsp3) is 0.636. The lowest BCUT2D eigenvalue weighted by Crippen LogP contribution is -2.34. The minimum atomic E-state index is 0.159. The average molecular weight is 263 g/mol. The van der Waals surface area contributed by atoms with Gasteiger partial charge >= 0.3 is 0 Å². The van der Waals surface area contributed by atoms with Gasteiger partial charge in [0.1, 0.15) is 0 Å². The second-order valence-electron chi connectivity index (χ2n) is 3.86. The molecule has 4 N–H and O–H groups in total. The molecule has 1 aromatic heterocycles. The Morgan fingerprint density at radius 2 is 2.31 bits per heavy atom. The van der Waals surface area contributed by atoms with Crippen molar-refractivity contribution in [2.45, 2.75) is 31.8 Å². The molecule has 3 nitrogen and oxygen atoms in total. The van der Waals surface area contributed by atoms with Crippen molar-refractivity contribution in [3.8, 4) is 0 Å². The highest BCUT2D eigenvalue weighted by Gasteiger charge is 2.14. The zero-order valence-electron chi connectivity index (χ0n) is 9.45. The Labute approximate surface area is 106 Å². The molecule has 0 amide bonds.